The summed E-state index contributed by atoms with van der Waals surface area (Å²) in [6.45, 7) is 1.56. The molecule has 18 heavy (non-hydrogen) atoms. The van der Waals surface area contributed by atoms with E-state index >= 15 is 0 Å². The predicted molar refractivity (Wildman–Crippen MR) is 63.9 cm³/mol. The van der Waals surface area contributed by atoms with Crippen molar-refractivity contribution in [3.05, 3.63) is 29.6 Å². The van der Waals surface area contributed by atoms with Gasteiger partial charge < -0.3 is 14.6 Å². The normalized spacial score (nSPS) is 12.0. The molecule has 0 spiro atoms. The highest BCUT2D eigenvalue weighted by Gasteiger charge is 2.15. The topological polar surface area (TPSA) is 55.8 Å². The zero-order valence-electron chi connectivity index (χ0n) is 10.5. The van der Waals surface area contributed by atoms with Crippen LogP contribution in [0.25, 0.3) is 0 Å². The number of benzene rings is 1. The van der Waals surface area contributed by atoms with Gasteiger partial charge in [-0.15, -0.1) is 0 Å². The Morgan fingerprint density at radius 3 is 2.83 bits per heavy atom. The van der Waals surface area contributed by atoms with Crippen LogP contribution in [0.1, 0.15) is 18.9 Å². The monoisotopic (exact) mass is 256 g/mol. The van der Waals surface area contributed by atoms with Crippen LogP contribution >= 0.6 is 0 Å². The molecule has 0 amide bonds. The molecule has 0 aliphatic rings. The Morgan fingerprint density at radius 1 is 1.50 bits per heavy atom. The van der Waals surface area contributed by atoms with Crippen molar-refractivity contribution in [2.75, 3.05) is 13.7 Å². The molecule has 5 heteroatoms. The average molecular weight is 256 g/mol. The van der Waals surface area contributed by atoms with Crippen LogP contribution < -0.4 is 4.74 Å². The number of methoxy groups -OCH3 is 1. The summed E-state index contributed by atoms with van der Waals surface area (Å²) in [5.74, 6) is -0.431. The number of rotatable bonds is 6. The van der Waals surface area contributed by atoms with Crippen LogP contribution in [-0.2, 0) is 16.0 Å². The molecule has 0 radical (unpaired) electrons. The van der Waals surface area contributed by atoms with Crippen molar-refractivity contribution < 1.29 is 23.8 Å². The first-order valence-electron chi connectivity index (χ1n) is 5.72. The van der Waals surface area contributed by atoms with E-state index in [0.717, 1.165) is 0 Å². The minimum absolute atomic E-state index is 0.00306. The van der Waals surface area contributed by atoms with E-state index in [1.54, 1.807) is 6.92 Å². The van der Waals surface area contributed by atoms with Gasteiger partial charge in [-0.25, -0.2) is 9.18 Å². The van der Waals surface area contributed by atoms with Crippen molar-refractivity contribution in [2.24, 2.45) is 0 Å². The molecule has 0 aliphatic heterocycles. The standard InChI is InChI=1S/C13H17FO4/c1-9(13(16)17-2)18-11-5-6-12(14)10(8-11)4-3-7-15/h5-6,8-9,15H,3-4,7H2,1-2H3. The van der Waals surface area contributed by atoms with Crippen LogP contribution in [0.2, 0.25) is 0 Å². The summed E-state index contributed by atoms with van der Waals surface area (Å²) in [6.07, 6.45) is 0.158. The number of esters is 1. The zero-order chi connectivity index (χ0) is 13.5. The minimum Gasteiger partial charge on any atom is -0.479 e. The lowest BCUT2D eigenvalue weighted by Gasteiger charge is -2.13. The molecule has 1 N–H and O–H groups in total. The molecule has 1 atom stereocenters. The Labute approximate surface area is 105 Å². The Hall–Kier alpha value is -1.62. The van der Waals surface area contributed by atoms with Crippen molar-refractivity contribution in [3.8, 4) is 5.75 Å². The summed E-state index contributed by atoms with van der Waals surface area (Å²) in [4.78, 5) is 11.2. The van der Waals surface area contributed by atoms with Crippen molar-refractivity contribution >= 4 is 5.97 Å². The number of hydrogen-bond donors (Lipinski definition) is 1. The van der Waals surface area contributed by atoms with Crippen molar-refractivity contribution in [2.45, 2.75) is 25.9 Å². The van der Waals surface area contributed by atoms with E-state index in [0.29, 0.717) is 24.2 Å². The number of hydrogen-bond acceptors (Lipinski definition) is 4. The van der Waals surface area contributed by atoms with Gasteiger partial charge in [0.1, 0.15) is 11.6 Å². The van der Waals surface area contributed by atoms with Gasteiger partial charge in [0.2, 0.25) is 0 Å². The van der Waals surface area contributed by atoms with E-state index in [-0.39, 0.29) is 12.4 Å². The molecule has 1 aromatic rings. The Kier molecular flexibility index (Phi) is 5.58. The highest BCUT2D eigenvalue weighted by atomic mass is 19.1. The molecule has 4 nitrogen and oxygen atoms in total. The number of ether oxygens (including phenoxy) is 2. The lowest BCUT2D eigenvalue weighted by molar-refractivity contribution is -0.147. The van der Waals surface area contributed by atoms with Gasteiger partial charge >= 0.3 is 5.97 Å². The molecule has 1 unspecified atom stereocenters. The number of halogens is 1. The maximum absolute atomic E-state index is 13.4. The van der Waals surface area contributed by atoms with Gasteiger partial charge in [0, 0.05) is 6.61 Å². The van der Waals surface area contributed by atoms with E-state index in [1.807, 2.05) is 0 Å². The molecule has 1 aromatic carbocycles. The fourth-order valence-corrected chi connectivity index (χ4v) is 1.50. The fourth-order valence-electron chi connectivity index (χ4n) is 1.50. The van der Waals surface area contributed by atoms with Crippen LogP contribution in [0.4, 0.5) is 4.39 Å². The summed E-state index contributed by atoms with van der Waals surface area (Å²) in [5, 5.41) is 8.72. The Bertz CT molecular complexity index is 406. The molecular weight excluding hydrogens is 239 g/mol. The minimum atomic E-state index is -0.744. The highest BCUT2D eigenvalue weighted by molar-refractivity contribution is 5.74. The number of aliphatic hydroxyl groups excluding tert-OH is 1. The average Bonchev–Trinajstić information content (AvgIpc) is 2.38. The molecular formula is C13H17FO4. The summed E-state index contributed by atoms with van der Waals surface area (Å²) in [5.41, 5.74) is 0.457. The number of aliphatic hydroxyl groups is 1. The largest absolute Gasteiger partial charge is 0.479 e. The molecule has 0 heterocycles. The summed E-state index contributed by atoms with van der Waals surface area (Å²) >= 11 is 0. The highest BCUT2D eigenvalue weighted by Crippen LogP contribution is 2.19. The van der Waals surface area contributed by atoms with Gasteiger partial charge in [0.25, 0.3) is 0 Å². The first kappa shape index (κ1) is 14.4. The van der Waals surface area contributed by atoms with Gasteiger partial charge in [-0.1, -0.05) is 0 Å². The van der Waals surface area contributed by atoms with Crippen molar-refractivity contribution in [3.63, 3.8) is 0 Å². The van der Waals surface area contributed by atoms with Gasteiger partial charge in [0.15, 0.2) is 6.10 Å². The van der Waals surface area contributed by atoms with E-state index in [1.165, 1.54) is 25.3 Å². The van der Waals surface area contributed by atoms with E-state index in [4.69, 9.17) is 9.84 Å². The number of aryl methyl sites for hydroxylation is 1. The number of carbonyl (C=O) groups is 1. The van der Waals surface area contributed by atoms with Gasteiger partial charge in [-0.3, -0.25) is 0 Å². The molecule has 0 saturated heterocycles. The SMILES string of the molecule is COC(=O)C(C)Oc1ccc(F)c(CCCO)c1. The van der Waals surface area contributed by atoms with Crippen LogP contribution in [-0.4, -0.2) is 30.9 Å². The molecule has 0 bridgehead atoms. The number of carbonyl (C=O) groups excluding carboxylic acids is 1. The third-order valence-corrected chi connectivity index (χ3v) is 2.47. The van der Waals surface area contributed by atoms with Crippen molar-refractivity contribution in [1.82, 2.24) is 0 Å². The van der Waals surface area contributed by atoms with Crippen molar-refractivity contribution in [1.29, 1.82) is 0 Å². The zero-order valence-corrected chi connectivity index (χ0v) is 10.5. The van der Waals surface area contributed by atoms with Crippen LogP contribution in [0, 0.1) is 5.82 Å². The molecule has 1 rings (SSSR count). The van der Waals surface area contributed by atoms with E-state index < -0.39 is 12.1 Å². The lowest BCUT2D eigenvalue weighted by Crippen LogP contribution is -2.24. The third-order valence-electron chi connectivity index (χ3n) is 2.47. The maximum Gasteiger partial charge on any atom is 0.346 e. The maximum atomic E-state index is 13.4. The van der Waals surface area contributed by atoms with E-state index in [9.17, 15) is 9.18 Å². The van der Waals surface area contributed by atoms with Crippen LogP contribution in [0.15, 0.2) is 18.2 Å². The predicted octanol–water partition coefficient (Wildman–Crippen LogP) is 1.69. The Morgan fingerprint density at radius 2 is 2.22 bits per heavy atom. The lowest BCUT2D eigenvalue weighted by atomic mass is 10.1. The Balaban J connectivity index is 2.75. The first-order valence-corrected chi connectivity index (χ1v) is 5.72. The van der Waals surface area contributed by atoms with Crippen LogP contribution in [0.3, 0.4) is 0 Å². The quantitative estimate of drug-likeness (QED) is 0.787. The second-order valence-electron chi connectivity index (χ2n) is 3.86. The molecule has 0 aliphatic carbocycles. The van der Waals surface area contributed by atoms with Gasteiger partial charge in [0.05, 0.1) is 7.11 Å². The second kappa shape index (κ2) is 6.96. The smallest absolute Gasteiger partial charge is 0.346 e. The van der Waals surface area contributed by atoms with Gasteiger partial charge in [-0.05, 0) is 43.5 Å². The van der Waals surface area contributed by atoms with Crippen LogP contribution in [0.5, 0.6) is 5.75 Å². The fraction of sp³-hybridized carbons (Fsp3) is 0.462. The summed E-state index contributed by atoms with van der Waals surface area (Å²) < 4.78 is 23.3. The molecule has 0 fully saturated rings. The molecule has 0 saturated carbocycles. The molecule has 0 aromatic heterocycles. The van der Waals surface area contributed by atoms with E-state index in [2.05, 4.69) is 4.74 Å². The first-order chi connectivity index (χ1) is 8.58. The van der Waals surface area contributed by atoms with Gasteiger partial charge in [-0.2, -0.15) is 0 Å². The summed E-state index contributed by atoms with van der Waals surface area (Å²) in [7, 11) is 1.28. The summed E-state index contributed by atoms with van der Waals surface area (Å²) in [6, 6.07) is 4.27. The third kappa shape index (κ3) is 4.00. The second-order valence-corrected chi connectivity index (χ2v) is 3.86. The molecule has 100 valence electrons.